The highest BCUT2D eigenvalue weighted by atomic mass is 19.4. The van der Waals surface area contributed by atoms with Crippen molar-refractivity contribution in [2.45, 2.75) is 19.3 Å². The van der Waals surface area contributed by atoms with Crippen LogP contribution in [0.2, 0.25) is 0 Å². The molecule has 0 saturated heterocycles. The second kappa shape index (κ2) is 6.26. The zero-order chi connectivity index (χ0) is 14.5. The average molecular weight is 276 g/mol. The van der Waals surface area contributed by atoms with Gasteiger partial charge in [-0.05, 0) is 0 Å². The number of aromatic nitrogens is 2. The first-order valence-corrected chi connectivity index (χ1v) is 5.50. The van der Waals surface area contributed by atoms with E-state index in [0.717, 1.165) is 4.57 Å². The molecule has 2 amide bonds. The van der Waals surface area contributed by atoms with Gasteiger partial charge in [0.2, 0.25) is 0 Å². The van der Waals surface area contributed by atoms with Crippen molar-refractivity contribution in [2.75, 3.05) is 13.6 Å². The quantitative estimate of drug-likeness (QED) is 0.833. The molecule has 0 aliphatic rings. The Labute approximate surface area is 108 Å². The van der Waals surface area contributed by atoms with Crippen LogP contribution in [0.5, 0.6) is 0 Å². The fourth-order valence-electron chi connectivity index (χ4n) is 1.41. The average Bonchev–Trinajstić information content (AvgIpc) is 2.71. The zero-order valence-electron chi connectivity index (χ0n) is 10.4. The molecule has 0 radical (unpaired) electrons. The molecule has 0 fully saturated rings. The number of alkyl halides is 3. The van der Waals surface area contributed by atoms with Crippen molar-refractivity contribution in [3.63, 3.8) is 0 Å². The van der Waals surface area contributed by atoms with Gasteiger partial charge in [0.1, 0.15) is 12.4 Å². The standard InChI is InChI=1S/C11H15F3N4O/c1-3-4-16-10(19)17(2)7-9-15-5-6-18(9)8-11(12,13)14/h3,5-6H,1,4,7-8H2,2H3,(H,16,19). The lowest BCUT2D eigenvalue weighted by atomic mass is 10.5. The van der Waals surface area contributed by atoms with Crippen LogP contribution in [0.3, 0.4) is 0 Å². The van der Waals surface area contributed by atoms with Gasteiger partial charge in [-0.15, -0.1) is 6.58 Å². The Bertz CT molecular complexity index is 441. The molecule has 0 unspecified atom stereocenters. The number of rotatable bonds is 5. The Hall–Kier alpha value is -1.99. The van der Waals surface area contributed by atoms with Crippen LogP contribution in [0, 0.1) is 0 Å². The number of nitrogens with zero attached hydrogens (tertiary/aromatic N) is 3. The third-order valence-corrected chi connectivity index (χ3v) is 2.27. The summed E-state index contributed by atoms with van der Waals surface area (Å²) in [6.45, 7) is 2.61. The summed E-state index contributed by atoms with van der Waals surface area (Å²) in [6.07, 6.45) is -0.301. The summed E-state index contributed by atoms with van der Waals surface area (Å²) >= 11 is 0. The highest BCUT2D eigenvalue weighted by Crippen LogP contribution is 2.18. The van der Waals surface area contributed by atoms with Gasteiger partial charge in [-0.25, -0.2) is 9.78 Å². The van der Waals surface area contributed by atoms with E-state index in [2.05, 4.69) is 16.9 Å². The number of carbonyl (C=O) groups excluding carboxylic acids is 1. The van der Waals surface area contributed by atoms with Gasteiger partial charge in [-0.3, -0.25) is 0 Å². The van der Waals surface area contributed by atoms with Crippen molar-refractivity contribution < 1.29 is 18.0 Å². The summed E-state index contributed by atoms with van der Waals surface area (Å²) in [7, 11) is 1.48. The normalized spacial score (nSPS) is 11.2. The van der Waals surface area contributed by atoms with Crippen LogP contribution in [0.25, 0.3) is 0 Å². The summed E-state index contributed by atoms with van der Waals surface area (Å²) in [5.74, 6) is 0.175. The maximum Gasteiger partial charge on any atom is 0.406 e. The Morgan fingerprint density at radius 1 is 1.63 bits per heavy atom. The zero-order valence-corrected chi connectivity index (χ0v) is 10.4. The molecule has 5 nitrogen and oxygen atoms in total. The first-order chi connectivity index (χ1) is 8.83. The number of hydrogen-bond donors (Lipinski definition) is 1. The van der Waals surface area contributed by atoms with Gasteiger partial charge in [0.05, 0.1) is 6.54 Å². The number of carbonyl (C=O) groups is 1. The van der Waals surface area contributed by atoms with Gasteiger partial charge in [-0.1, -0.05) is 6.08 Å². The Morgan fingerprint density at radius 2 is 2.32 bits per heavy atom. The largest absolute Gasteiger partial charge is 0.406 e. The van der Waals surface area contributed by atoms with Gasteiger partial charge < -0.3 is 14.8 Å². The van der Waals surface area contributed by atoms with Crippen molar-refractivity contribution in [3.05, 3.63) is 30.9 Å². The van der Waals surface area contributed by atoms with E-state index in [-0.39, 0.29) is 12.4 Å². The first kappa shape index (κ1) is 15.1. The van der Waals surface area contributed by atoms with Crippen LogP contribution in [0.4, 0.5) is 18.0 Å². The Balaban J connectivity index is 2.64. The van der Waals surface area contributed by atoms with Crippen LogP contribution in [0.1, 0.15) is 5.82 Å². The van der Waals surface area contributed by atoms with E-state index in [1.54, 1.807) is 0 Å². The predicted molar refractivity (Wildman–Crippen MR) is 63.3 cm³/mol. The molecule has 0 aliphatic carbocycles. The lowest BCUT2D eigenvalue weighted by Crippen LogP contribution is -2.37. The summed E-state index contributed by atoms with van der Waals surface area (Å²) in [6, 6.07) is -0.401. The van der Waals surface area contributed by atoms with E-state index < -0.39 is 18.8 Å². The first-order valence-electron chi connectivity index (χ1n) is 5.50. The molecule has 1 N–H and O–H groups in total. The summed E-state index contributed by atoms with van der Waals surface area (Å²) in [5.41, 5.74) is 0. The number of halogens is 3. The van der Waals surface area contributed by atoms with Crippen LogP contribution < -0.4 is 5.32 Å². The second-order valence-corrected chi connectivity index (χ2v) is 3.92. The number of amides is 2. The SMILES string of the molecule is C=CCNC(=O)N(C)Cc1nccn1CC(F)(F)F. The molecule has 106 valence electrons. The predicted octanol–water partition coefficient (Wildman–Crippen LogP) is 1.77. The van der Waals surface area contributed by atoms with Crippen LogP contribution in [-0.4, -0.2) is 40.3 Å². The molecule has 0 spiro atoms. The smallest absolute Gasteiger partial charge is 0.335 e. The topological polar surface area (TPSA) is 50.2 Å². The Kier molecular flexibility index (Phi) is 4.96. The lowest BCUT2D eigenvalue weighted by Gasteiger charge is -2.18. The van der Waals surface area contributed by atoms with E-state index in [0.29, 0.717) is 6.54 Å². The van der Waals surface area contributed by atoms with E-state index >= 15 is 0 Å². The highest BCUT2D eigenvalue weighted by Gasteiger charge is 2.29. The van der Waals surface area contributed by atoms with Gasteiger partial charge in [-0.2, -0.15) is 13.2 Å². The Morgan fingerprint density at radius 3 is 2.89 bits per heavy atom. The molecule has 0 atom stereocenters. The van der Waals surface area contributed by atoms with Gasteiger partial charge in [0.25, 0.3) is 0 Å². The number of imidazole rings is 1. The molecule has 1 aromatic heterocycles. The molecule has 1 aromatic rings. The molecule has 19 heavy (non-hydrogen) atoms. The minimum Gasteiger partial charge on any atom is -0.335 e. The maximum atomic E-state index is 12.3. The van der Waals surface area contributed by atoms with Gasteiger partial charge in [0.15, 0.2) is 0 Å². The van der Waals surface area contributed by atoms with E-state index in [1.807, 2.05) is 0 Å². The summed E-state index contributed by atoms with van der Waals surface area (Å²) < 4.78 is 37.9. The van der Waals surface area contributed by atoms with E-state index in [4.69, 9.17) is 0 Å². The number of nitrogens with one attached hydrogen (secondary N) is 1. The minimum atomic E-state index is -4.32. The van der Waals surface area contributed by atoms with Crippen molar-refractivity contribution in [1.29, 1.82) is 0 Å². The molecule has 1 heterocycles. The molecule has 1 rings (SSSR count). The van der Waals surface area contributed by atoms with Crippen molar-refractivity contribution in [1.82, 2.24) is 19.8 Å². The van der Waals surface area contributed by atoms with Gasteiger partial charge in [0, 0.05) is 26.0 Å². The number of hydrogen-bond acceptors (Lipinski definition) is 2. The molecule has 0 aromatic carbocycles. The third-order valence-electron chi connectivity index (χ3n) is 2.27. The third kappa shape index (κ3) is 5.02. The number of urea groups is 1. The maximum absolute atomic E-state index is 12.3. The summed E-state index contributed by atoms with van der Waals surface area (Å²) in [4.78, 5) is 16.6. The van der Waals surface area contributed by atoms with E-state index in [1.165, 1.54) is 30.4 Å². The van der Waals surface area contributed by atoms with Crippen molar-refractivity contribution in [3.8, 4) is 0 Å². The molecule has 8 heteroatoms. The molecule has 0 saturated carbocycles. The van der Waals surface area contributed by atoms with Crippen LogP contribution in [-0.2, 0) is 13.1 Å². The van der Waals surface area contributed by atoms with Gasteiger partial charge >= 0.3 is 12.2 Å². The highest BCUT2D eigenvalue weighted by molar-refractivity contribution is 5.73. The fraction of sp³-hybridized carbons (Fsp3) is 0.455. The van der Waals surface area contributed by atoms with Crippen LogP contribution in [0.15, 0.2) is 25.0 Å². The molecular formula is C11H15F3N4O. The molecule has 0 aliphatic heterocycles. The fourth-order valence-corrected chi connectivity index (χ4v) is 1.41. The lowest BCUT2D eigenvalue weighted by molar-refractivity contribution is -0.141. The van der Waals surface area contributed by atoms with Crippen LogP contribution >= 0.6 is 0 Å². The second-order valence-electron chi connectivity index (χ2n) is 3.92. The molecule has 0 bridgehead atoms. The van der Waals surface area contributed by atoms with Crippen molar-refractivity contribution in [2.24, 2.45) is 0 Å². The monoisotopic (exact) mass is 276 g/mol. The van der Waals surface area contributed by atoms with Crippen molar-refractivity contribution >= 4 is 6.03 Å². The minimum absolute atomic E-state index is 0.00788. The van der Waals surface area contributed by atoms with E-state index in [9.17, 15) is 18.0 Å². The summed E-state index contributed by atoms with van der Waals surface area (Å²) in [5, 5.41) is 2.52. The molecular weight excluding hydrogens is 261 g/mol.